The largest absolute Gasteiger partial charge is 0.468 e. The number of piperazine rings is 1. The molecule has 0 aliphatic carbocycles. The number of esters is 1. The van der Waals surface area contributed by atoms with Crippen LogP contribution in [0.5, 0.6) is 0 Å². The Balaban J connectivity index is 1.78. The highest BCUT2D eigenvalue weighted by Gasteiger charge is 2.44. The van der Waals surface area contributed by atoms with E-state index in [9.17, 15) is 9.59 Å². The van der Waals surface area contributed by atoms with Gasteiger partial charge in [-0.15, -0.1) is 0 Å². The summed E-state index contributed by atoms with van der Waals surface area (Å²) in [6.45, 7) is 6.94. The Labute approximate surface area is 136 Å². The molecule has 2 amide bonds. The van der Waals surface area contributed by atoms with Crippen molar-refractivity contribution in [3.8, 4) is 12.0 Å². The van der Waals surface area contributed by atoms with Gasteiger partial charge in [-0.1, -0.05) is 5.92 Å². The van der Waals surface area contributed by atoms with Gasteiger partial charge in [0.2, 0.25) is 0 Å². The number of fused-ring (bicyclic) bond motifs is 1. The van der Waals surface area contributed by atoms with Crippen LogP contribution in [0, 0.1) is 12.0 Å². The van der Waals surface area contributed by atoms with Crippen molar-refractivity contribution >= 4 is 12.0 Å². The zero-order valence-corrected chi connectivity index (χ0v) is 13.9. The summed E-state index contributed by atoms with van der Waals surface area (Å²) in [5.74, 6) is 2.93. The highest BCUT2D eigenvalue weighted by Crippen LogP contribution is 2.27. The minimum Gasteiger partial charge on any atom is -0.468 e. The van der Waals surface area contributed by atoms with E-state index < -0.39 is 0 Å². The SMILES string of the molecule is COC(=O)[C@@H]1C[C@H](N2C#C[C@@H]3CNCCN3C2=O)CN1C(C)C. The first-order valence-corrected chi connectivity index (χ1v) is 8.18. The second-order valence-electron chi connectivity index (χ2n) is 6.54. The molecule has 0 bridgehead atoms. The summed E-state index contributed by atoms with van der Waals surface area (Å²) in [6, 6.07) is 2.79. The molecule has 0 spiro atoms. The van der Waals surface area contributed by atoms with Gasteiger partial charge < -0.3 is 15.0 Å². The zero-order chi connectivity index (χ0) is 16.6. The third-order valence-corrected chi connectivity index (χ3v) is 4.87. The van der Waals surface area contributed by atoms with E-state index in [4.69, 9.17) is 4.74 Å². The van der Waals surface area contributed by atoms with Gasteiger partial charge in [0.25, 0.3) is 0 Å². The van der Waals surface area contributed by atoms with Crippen molar-refractivity contribution in [3.05, 3.63) is 0 Å². The van der Waals surface area contributed by atoms with Crippen LogP contribution >= 0.6 is 0 Å². The molecule has 1 N–H and O–H groups in total. The van der Waals surface area contributed by atoms with E-state index in [2.05, 4.69) is 22.2 Å². The number of rotatable bonds is 3. The first kappa shape index (κ1) is 16.1. The zero-order valence-electron chi connectivity index (χ0n) is 13.9. The molecule has 0 unspecified atom stereocenters. The average Bonchev–Trinajstić information content (AvgIpc) is 3.00. The molecule has 0 aromatic rings. The number of amides is 2. The molecule has 3 heterocycles. The summed E-state index contributed by atoms with van der Waals surface area (Å²) in [6.07, 6.45) is 0.571. The highest BCUT2D eigenvalue weighted by atomic mass is 16.5. The summed E-state index contributed by atoms with van der Waals surface area (Å²) in [7, 11) is 1.41. The monoisotopic (exact) mass is 320 g/mol. The topological polar surface area (TPSA) is 65.1 Å². The van der Waals surface area contributed by atoms with Gasteiger partial charge in [-0.25, -0.2) is 9.69 Å². The molecular weight excluding hydrogens is 296 g/mol. The van der Waals surface area contributed by atoms with Crippen LogP contribution in [0.25, 0.3) is 0 Å². The van der Waals surface area contributed by atoms with Gasteiger partial charge >= 0.3 is 12.0 Å². The van der Waals surface area contributed by atoms with E-state index in [1.165, 1.54) is 7.11 Å². The number of methoxy groups -OCH3 is 1. The van der Waals surface area contributed by atoms with E-state index >= 15 is 0 Å². The summed E-state index contributed by atoms with van der Waals surface area (Å²) >= 11 is 0. The van der Waals surface area contributed by atoms with Crippen molar-refractivity contribution in [2.24, 2.45) is 0 Å². The lowest BCUT2D eigenvalue weighted by molar-refractivity contribution is -0.146. The molecule has 23 heavy (non-hydrogen) atoms. The Morgan fingerprint density at radius 3 is 2.91 bits per heavy atom. The number of hydrogen-bond donors (Lipinski definition) is 1. The molecule has 0 saturated carbocycles. The van der Waals surface area contributed by atoms with Crippen LogP contribution in [0.4, 0.5) is 4.79 Å². The third kappa shape index (κ3) is 2.89. The fraction of sp³-hybridized carbons (Fsp3) is 0.750. The number of nitrogens with one attached hydrogen (secondary N) is 1. The number of carbonyl (C=O) groups is 2. The Morgan fingerprint density at radius 2 is 2.22 bits per heavy atom. The maximum Gasteiger partial charge on any atom is 0.333 e. The average molecular weight is 320 g/mol. The molecule has 3 aliphatic rings. The van der Waals surface area contributed by atoms with Crippen LogP contribution in [0.1, 0.15) is 20.3 Å². The number of urea groups is 1. The third-order valence-electron chi connectivity index (χ3n) is 4.87. The normalized spacial score (nSPS) is 31.0. The fourth-order valence-corrected chi connectivity index (χ4v) is 3.60. The van der Waals surface area contributed by atoms with Crippen LogP contribution in [-0.4, -0.2) is 84.2 Å². The Bertz CT molecular complexity index is 553. The Kier molecular flexibility index (Phi) is 4.46. The minimum atomic E-state index is -0.305. The van der Waals surface area contributed by atoms with Crippen molar-refractivity contribution in [1.82, 2.24) is 20.0 Å². The smallest absolute Gasteiger partial charge is 0.333 e. The van der Waals surface area contributed by atoms with E-state index in [-0.39, 0.29) is 36.2 Å². The van der Waals surface area contributed by atoms with Crippen molar-refractivity contribution in [2.75, 3.05) is 33.3 Å². The predicted octanol–water partition coefficient (Wildman–Crippen LogP) is -0.319. The minimum absolute atomic E-state index is 0.0329. The van der Waals surface area contributed by atoms with Crippen molar-refractivity contribution in [2.45, 2.75) is 44.4 Å². The summed E-state index contributed by atoms with van der Waals surface area (Å²) in [5.41, 5.74) is 0. The van der Waals surface area contributed by atoms with Gasteiger partial charge in [0.15, 0.2) is 0 Å². The summed E-state index contributed by atoms with van der Waals surface area (Å²) < 4.78 is 4.92. The number of carbonyl (C=O) groups excluding carboxylic acids is 2. The molecule has 126 valence electrons. The maximum atomic E-state index is 12.8. The molecule has 3 atom stereocenters. The summed E-state index contributed by atoms with van der Waals surface area (Å²) in [4.78, 5) is 30.4. The standard InChI is InChI=1S/C16H24N4O3/c1-11(2)20-10-13(8-14(20)15(21)23-3)18-6-4-12-9-17-5-7-19(12)16(18)22/h11-14,17H,5,7-10H2,1-3H3/t12-,13+,14+/m1/s1. The van der Waals surface area contributed by atoms with Crippen LogP contribution in [0.3, 0.4) is 0 Å². The van der Waals surface area contributed by atoms with Crippen molar-refractivity contribution in [3.63, 3.8) is 0 Å². The highest BCUT2D eigenvalue weighted by molar-refractivity contribution is 5.80. The lowest BCUT2D eigenvalue weighted by Crippen LogP contribution is -2.59. The van der Waals surface area contributed by atoms with E-state index in [0.29, 0.717) is 19.5 Å². The molecule has 0 aromatic heterocycles. The summed E-state index contributed by atoms with van der Waals surface area (Å²) in [5, 5.41) is 3.26. The molecule has 3 aliphatic heterocycles. The fourth-order valence-electron chi connectivity index (χ4n) is 3.60. The first-order valence-electron chi connectivity index (χ1n) is 8.18. The first-order chi connectivity index (χ1) is 11.0. The maximum absolute atomic E-state index is 12.8. The number of nitrogens with zero attached hydrogens (tertiary/aromatic N) is 3. The Hall–Kier alpha value is -1.78. The number of likely N-dealkylation sites (tertiary alicyclic amines) is 1. The Morgan fingerprint density at radius 1 is 1.43 bits per heavy atom. The number of ether oxygens (including phenoxy) is 1. The van der Waals surface area contributed by atoms with Gasteiger partial charge in [-0.3, -0.25) is 9.69 Å². The van der Waals surface area contributed by atoms with Crippen molar-refractivity contribution in [1.29, 1.82) is 0 Å². The molecular formula is C16H24N4O3. The molecule has 0 radical (unpaired) electrons. The van der Waals surface area contributed by atoms with Crippen LogP contribution in [0.2, 0.25) is 0 Å². The number of hydrogen-bond acceptors (Lipinski definition) is 5. The van der Waals surface area contributed by atoms with Crippen molar-refractivity contribution < 1.29 is 14.3 Å². The van der Waals surface area contributed by atoms with E-state index in [1.54, 1.807) is 4.90 Å². The molecule has 7 nitrogen and oxygen atoms in total. The molecule has 0 aromatic carbocycles. The second-order valence-corrected chi connectivity index (χ2v) is 6.54. The molecule has 2 fully saturated rings. The second kappa shape index (κ2) is 6.38. The van der Waals surface area contributed by atoms with Gasteiger partial charge in [0.1, 0.15) is 12.1 Å². The van der Waals surface area contributed by atoms with Gasteiger partial charge in [-0.05, 0) is 20.3 Å². The van der Waals surface area contributed by atoms with Crippen LogP contribution in [0.15, 0.2) is 0 Å². The lowest BCUT2D eigenvalue weighted by atomic mass is 10.1. The van der Waals surface area contributed by atoms with Gasteiger partial charge in [0.05, 0.1) is 13.2 Å². The van der Waals surface area contributed by atoms with Crippen LogP contribution < -0.4 is 5.32 Å². The molecule has 2 saturated heterocycles. The van der Waals surface area contributed by atoms with Gasteiger partial charge in [-0.2, -0.15) is 0 Å². The van der Waals surface area contributed by atoms with E-state index in [1.807, 2.05) is 18.7 Å². The van der Waals surface area contributed by atoms with Crippen LogP contribution in [-0.2, 0) is 9.53 Å². The lowest BCUT2D eigenvalue weighted by Gasteiger charge is -2.39. The van der Waals surface area contributed by atoms with Gasteiger partial charge in [0, 0.05) is 38.3 Å². The van der Waals surface area contributed by atoms with E-state index in [0.717, 1.165) is 13.1 Å². The molecule has 3 rings (SSSR count). The molecule has 7 heteroatoms. The quantitative estimate of drug-likeness (QED) is 0.570. The predicted molar refractivity (Wildman–Crippen MR) is 84.4 cm³/mol.